The van der Waals surface area contributed by atoms with Gasteiger partial charge in [-0.25, -0.2) is 0 Å². The van der Waals surface area contributed by atoms with Gasteiger partial charge in [0.05, 0.1) is 0 Å². The third-order valence-corrected chi connectivity index (χ3v) is 1.86. The van der Waals surface area contributed by atoms with E-state index in [1.807, 2.05) is 0 Å². The Morgan fingerprint density at radius 2 is 2.20 bits per heavy atom. The summed E-state index contributed by atoms with van der Waals surface area (Å²) >= 11 is 0. The number of carbonyl (C=O) groups is 1. The van der Waals surface area contributed by atoms with Gasteiger partial charge >= 0.3 is 5.97 Å². The molecule has 0 aromatic heterocycles. The third-order valence-electron chi connectivity index (χ3n) is 1.86. The van der Waals surface area contributed by atoms with Crippen LogP contribution in [0.25, 0.3) is 0 Å². The molecule has 3 nitrogen and oxygen atoms in total. The van der Waals surface area contributed by atoms with Gasteiger partial charge in [0.2, 0.25) is 0 Å². The number of hydrogen-bond donors (Lipinski definition) is 2. The molecule has 1 atom stereocenters. The molecule has 0 unspecified atom stereocenters. The number of hydrogen-bond acceptors (Lipinski definition) is 2. The van der Waals surface area contributed by atoms with Crippen LogP contribution in [0, 0.1) is 0 Å². The van der Waals surface area contributed by atoms with Crippen molar-refractivity contribution >= 4 is 5.97 Å². The Balaban J connectivity index is 2.35. The van der Waals surface area contributed by atoms with Crippen molar-refractivity contribution in [2.24, 2.45) is 0 Å². The zero-order valence-electron chi connectivity index (χ0n) is 5.97. The maximum absolute atomic E-state index is 10.4. The van der Waals surface area contributed by atoms with Crippen LogP contribution in [0.4, 0.5) is 0 Å². The highest BCUT2D eigenvalue weighted by molar-refractivity contribution is 5.73. The summed E-state index contributed by atoms with van der Waals surface area (Å²) < 4.78 is 0. The minimum Gasteiger partial charge on any atom is -0.480 e. The largest absolute Gasteiger partial charge is 0.480 e. The Morgan fingerprint density at radius 3 is 2.90 bits per heavy atom. The molecule has 1 saturated heterocycles. The van der Waals surface area contributed by atoms with Crippen LogP contribution >= 0.6 is 0 Å². The van der Waals surface area contributed by atoms with Crippen molar-refractivity contribution in [3.05, 3.63) is 0 Å². The van der Waals surface area contributed by atoms with Crippen LogP contribution < -0.4 is 5.32 Å². The van der Waals surface area contributed by atoms with Crippen molar-refractivity contribution in [2.45, 2.75) is 31.7 Å². The lowest BCUT2D eigenvalue weighted by molar-refractivity contribution is -0.139. The molecule has 3 heteroatoms. The minimum absolute atomic E-state index is 0.289. The first-order valence-electron chi connectivity index (χ1n) is 3.77. The van der Waals surface area contributed by atoms with Gasteiger partial charge in [-0.05, 0) is 19.4 Å². The minimum atomic E-state index is -0.707. The SMILES string of the molecule is O=C(O)[C@H]1CCCCCN1. The summed E-state index contributed by atoms with van der Waals surface area (Å²) in [6, 6.07) is -0.289. The summed E-state index contributed by atoms with van der Waals surface area (Å²) in [6.07, 6.45) is 4.11. The molecule has 1 aliphatic heterocycles. The molecule has 1 heterocycles. The highest BCUT2D eigenvalue weighted by atomic mass is 16.4. The van der Waals surface area contributed by atoms with Gasteiger partial charge in [0.25, 0.3) is 0 Å². The Bertz CT molecular complexity index is 117. The summed E-state index contributed by atoms with van der Waals surface area (Å²) in [5.41, 5.74) is 0. The molecule has 1 aliphatic rings. The first-order chi connectivity index (χ1) is 4.80. The fourth-order valence-corrected chi connectivity index (χ4v) is 1.24. The van der Waals surface area contributed by atoms with Gasteiger partial charge in [-0.1, -0.05) is 12.8 Å². The van der Waals surface area contributed by atoms with Crippen LogP contribution in [0.5, 0.6) is 0 Å². The van der Waals surface area contributed by atoms with E-state index in [2.05, 4.69) is 5.32 Å². The summed E-state index contributed by atoms with van der Waals surface area (Å²) in [6.45, 7) is 0.858. The lowest BCUT2D eigenvalue weighted by Gasteiger charge is -2.08. The molecule has 1 fully saturated rings. The maximum Gasteiger partial charge on any atom is 0.320 e. The average Bonchev–Trinajstić information content (AvgIpc) is 2.12. The fourth-order valence-electron chi connectivity index (χ4n) is 1.24. The number of rotatable bonds is 1. The Hall–Kier alpha value is -0.570. The molecule has 58 valence electrons. The predicted molar refractivity (Wildman–Crippen MR) is 37.9 cm³/mol. The summed E-state index contributed by atoms with van der Waals surface area (Å²) in [4.78, 5) is 10.4. The topological polar surface area (TPSA) is 49.3 Å². The number of aliphatic carboxylic acids is 1. The van der Waals surface area contributed by atoms with Crippen molar-refractivity contribution < 1.29 is 9.90 Å². The predicted octanol–water partition coefficient (Wildman–Crippen LogP) is 0.603. The lowest BCUT2D eigenvalue weighted by atomic mass is 10.1. The van der Waals surface area contributed by atoms with Gasteiger partial charge in [-0.3, -0.25) is 4.79 Å². The molecule has 1 rings (SSSR count). The van der Waals surface area contributed by atoms with E-state index in [0.29, 0.717) is 0 Å². The van der Waals surface area contributed by atoms with Gasteiger partial charge in [0.1, 0.15) is 6.04 Å². The van der Waals surface area contributed by atoms with Gasteiger partial charge in [-0.2, -0.15) is 0 Å². The third kappa shape index (κ3) is 1.99. The van der Waals surface area contributed by atoms with E-state index in [4.69, 9.17) is 5.11 Å². The lowest BCUT2D eigenvalue weighted by Crippen LogP contribution is -2.35. The van der Waals surface area contributed by atoms with Gasteiger partial charge in [0, 0.05) is 0 Å². The van der Waals surface area contributed by atoms with E-state index < -0.39 is 5.97 Å². The number of carboxylic acids is 1. The summed E-state index contributed by atoms with van der Waals surface area (Å²) in [7, 11) is 0. The molecule has 0 aromatic rings. The van der Waals surface area contributed by atoms with Crippen molar-refractivity contribution in [2.75, 3.05) is 6.54 Å². The average molecular weight is 143 g/mol. The van der Waals surface area contributed by atoms with Crippen molar-refractivity contribution in [3.63, 3.8) is 0 Å². The summed E-state index contributed by atoms with van der Waals surface area (Å²) in [5, 5.41) is 11.6. The molecule has 0 aliphatic carbocycles. The van der Waals surface area contributed by atoms with Crippen LogP contribution in [0.1, 0.15) is 25.7 Å². The van der Waals surface area contributed by atoms with E-state index in [-0.39, 0.29) is 6.04 Å². The van der Waals surface area contributed by atoms with E-state index in [1.165, 1.54) is 0 Å². The van der Waals surface area contributed by atoms with Crippen LogP contribution in [-0.2, 0) is 4.79 Å². The van der Waals surface area contributed by atoms with Gasteiger partial charge < -0.3 is 10.4 Å². The summed E-state index contributed by atoms with van der Waals surface area (Å²) in [5.74, 6) is -0.707. The van der Waals surface area contributed by atoms with E-state index in [0.717, 1.165) is 32.2 Å². The number of nitrogens with one attached hydrogen (secondary N) is 1. The Morgan fingerprint density at radius 1 is 1.40 bits per heavy atom. The van der Waals surface area contributed by atoms with E-state index in [9.17, 15) is 4.79 Å². The molecular weight excluding hydrogens is 130 g/mol. The zero-order chi connectivity index (χ0) is 7.40. The Kier molecular flexibility index (Phi) is 2.68. The normalized spacial score (nSPS) is 27.4. The molecule has 0 radical (unpaired) electrons. The molecule has 0 saturated carbocycles. The van der Waals surface area contributed by atoms with Crippen LogP contribution in [0.3, 0.4) is 0 Å². The molecule has 0 spiro atoms. The van der Waals surface area contributed by atoms with Crippen molar-refractivity contribution in [3.8, 4) is 0 Å². The Labute approximate surface area is 60.4 Å². The second kappa shape index (κ2) is 3.56. The highest BCUT2D eigenvalue weighted by Crippen LogP contribution is 2.07. The second-order valence-corrected chi connectivity index (χ2v) is 2.69. The zero-order valence-corrected chi connectivity index (χ0v) is 5.97. The monoisotopic (exact) mass is 143 g/mol. The quantitative estimate of drug-likeness (QED) is 0.565. The van der Waals surface area contributed by atoms with Crippen molar-refractivity contribution in [1.82, 2.24) is 5.32 Å². The highest BCUT2D eigenvalue weighted by Gasteiger charge is 2.17. The number of carboxylic acid groups (broad SMARTS) is 1. The first-order valence-corrected chi connectivity index (χ1v) is 3.77. The first kappa shape index (κ1) is 7.54. The molecule has 10 heavy (non-hydrogen) atoms. The van der Waals surface area contributed by atoms with Crippen molar-refractivity contribution in [1.29, 1.82) is 0 Å². The fraction of sp³-hybridized carbons (Fsp3) is 0.857. The second-order valence-electron chi connectivity index (χ2n) is 2.69. The maximum atomic E-state index is 10.4. The molecule has 0 amide bonds. The smallest absolute Gasteiger partial charge is 0.320 e. The molecule has 0 aromatic carbocycles. The van der Waals surface area contributed by atoms with Crippen LogP contribution in [0.15, 0.2) is 0 Å². The van der Waals surface area contributed by atoms with E-state index >= 15 is 0 Å². The van der Waals surface area contributed by atoms with Crippen LogP contribution in [-0.4, -0.2) is 23.7 Å². The molecule has 0 bridgehead atoms. The molecular formula is C7H13NO2. The standard InChI is InChI=1S/C7H13NO2/c9-7(10)6-4-2-1-3-5-8-6/h6,8H,1-5H2,(H,9,10)/t6-/m1/s1. The molecule has 2 N–H and O–H groups in total. The van der Waals surface area contributed by atoms with Gasteiger partial charge in [0.15, 0.2) is 0 Å². The van der Waals surface area contributed by atoms with Crippen LogP contribution in [0.2, 0.25) is 0 Å². The van der Waals surface area contributed by atoms with Gasteiger partial charge in [-0.15, -0.1) is 0 Å². The van der Waals surface area contributed by atoms with E-state index in [1.54, 1.807) is 0 Å².